The van der Waals surface area contributed by atoms with Crippen LogP contribution in [0.15, 0.2) is 126 Å². The van der Waals surface area contributed by atoms with Crippen LogP contribution in [-0.4, -0.2) is 38.5 Å². The van der Waals surface area contributed by atoms with E-state index in [0.717, 1.165) is 23.3 Å². The summed E-state index contributed by atoms with van der Waals surface area (Å²) in [6, 6.07) is 30.6. The number of hydrogen-bond donors (Lipinski definition) is 2. The van der Waals surface area contributed by atoms with Crippen LogP contribution in [0.1, 0.15) is 22.7 Å². The van der Waals surface area contributed by atoms with Crippen molar-refractivity contribution < 1.29 is 36.6 Å². The highest BCUT2D eigenvalue weighted by Crippen LogP contribution is 2.33. The second-order valence-electron chi connectivity index (χ2n) is 11.2. The van der Waals surface area contributed by atoms with E-state index in [0.29, 0.717) is 22.1 Å². The second kappa shape index (κ2) is 15.3. The standard InChI is InChI=1S/C37H31ClFN3O7S/c38-28-9-6-25(7-10-28)22-42(35(43)23-47-31-15-17-32(18-16-31)50(45,46)41-30-13-11-29(39)12-14-30)36(27-4-2-1-3-5-27)37(44)40-21-26-8-19-33-34(20-26)49-24-48-33/h1-20,36,41H,21-24H2,(H,40,44)/t36-/m0/s1. The summed E-state index contributed by atoms with van der Waals surface area (Å²) in [4.78, 5) is 29.4. The monoisotopic (exact) mass is 715 g/mol. The van der Waals surface area contributed by atoms with Crippen LogP contribution in [0.5, 0.6) is 17.2 Å². The van der Waals surface area contributed by atoms with Crippen LogP contribution in [0.3, 0.4) is 0 Å². The summed E-state index contributed by atoms with van der Waals surface area (Å²) in [5, 5.41) is 3.48. The van der Waals surface area contributed by atoms with Crippen LogP contribution < -0.4 is 24.2 Å². The van der Waals surface area contributed by atoms with Gasteiger partial charge >= 0.3 is 0 Å². The normalized spacial score (nSPS) is 12.5. The van der Waals surface area contributed by atoms with Crippen molar-refractivity contribution in [3.63, 3.8) is 0 Å². The molecule has 0 unspecified atom stereocenters. The molecule has 0 spiro atoms. The summed E-state index contributed by atoms with van der Waals surface area (Å²) in [5.41, 5.74) is 2.30. The summed E-state index contributed by atoms with van der Waals surface area (Å²) in [7, 11) is -3.98. The topological polar surface area (TPSA) is 123 Å². The Labute approximate surface area is 293 Å². The van der Waals surface area contributed by atoms with E-state index in [4.69, 9.17) is 25.8 Å². The van der Waals surface area contributed by atoms with Crippen molar-refractivity contribution >= 4 is 39.1 Å². The number of amides is 2. The average Bonchev–Trinajstić information content (AvgIpc) is 3.60. The smallest absolute Gasteiger partial charge is 0.261 e. The molecule has 1 heterocycles. The van der Waals surface area contributed by atoms with Crippen molar-refractivity contribution in [3.05, 3.63) is 149 Å². The van der Waals surface area contributed by atoms with Gasteiger partial charge < -0.3 is 24.4 Å². The molecule has 13 heteroatoms. The van der Waals surface area contributed by atoms with E-state index in [-0.39, 0.29) is 36.2 Å². The van der Waals surface area contributed by atoms with E-state index >= 15 is 0 Å². The number of halogens is 2. The summed E-state index contributed by atoms with van der Waals surface area (Å²) in [6.45, 7) is -0.0957. The lowest BCUT2D eigenvalue weighted by Crippen LogP contribution is -2.45. The van der Waals surface area contributed by atoms with E-state index in [1.54, 1.807) is 60.7 Å². The molecule has 0 bridgehead atoms. The van der Waals surface area contributed by atoms with Gasteiger partial charge in [-0.15, -0.1) is 0 Å². The predicted octanol–water partition coefficient (Wildman–Crippen LogP) is 6.47. The Kier molecular flexibility index (Phi) is 10.5. The number of benzene rings is 5. The van der Waals surface area contributed by atoms with E-state index in [1.807, 2.05) is 12.1 Å². The van der Waals surface area contributed by atoms with Gasteiger partial charge in [0.05, 0.1) is 4.90 Å². The molecular weight excluding hydrogens is 685 g/mol. The zero-order valence-electron chi connectivity index (χ0n) is 26.4. The van der Waals surface area contributed by atoms with Crippen molar-refractivity contribution in [2.75, 3.05) is 18.1 Å². The van der Waals surface area contributed by atoms with Gasteiger partial charge in [-0.2, -0.15) is 0 Å². The Morgan fingerprint density at radius 1 is 0.840 bits per heavy atom. The lowest BCUT2D eigenvalue weighted by molar-refractivity contribution is -0.143. The first-order valence-electron chi connectivity index (χ1n) is 15.4. The Morgan fingerprint density at radius 3 is 2.24 bits per heavy atom. The van der Waals surface area contributed by atoms with Crippen molar-refractivity contribution in [1.82, 2.24) is 10.2 Å². The maximum Gasteiger partial charge on any atom is 0.261 e. The maximum atomic E-state index is 14.0. The molecule has 2 N–H and O–H groups in total. The van der Waals surface area contributed by atoms with Gasteiger partial charge in [-0.25, -0.2) is 12.8 Å². The zero-order valence-corrected chi connectivity index (χ0v) is 28.0. The number of anilines is 1. The van der Waals surface area contributed by atoms with Crippen LogP contribution in [0.4, 0.5) is 10.1 Å². The number of nitrogens with zero attached hydrogens (tertiary/aromatic N) is 1. The fourth-order valence-electron chi connectivity index (χ4n) is 5.23. The predicted molar refractivity (Wildman–Crippen MR) is 185 cm³/mol. The van der Waals surface area contributed by atoms with Gasteiger partial charge in [-0.05, 0) is 89.5 Å². The van der Waals surface area contributed by atoms with Crippen LogP contribution in [0.25, 0.3) is 0 Å². The van der Waals surface area contributed by atoms with Gasteiger partial charge in [0.15, 0.2) is 18.1 Å². The van der Waals surface area contributed by atoms with Gasteiger partial charge in [-0.1, -0.05) is 60.1 Å². The first-order chi connectivity index (χ1) is 24.1. The number of carbonyl (C=O) groups is 2. The van der Waals surface area contributed by atoms with E-state index < -0.39 is 40.3 Å². The van der Waals surface area contributed by atoms with E-state index in [1.165, 1.54) is 41.3 Å². The quantitative estimate of drug-likeness (QED) is 0.143. The zero-order chi connectivity index (χ0) is 35.1. The van der Waals surface area contributed by atoms with Crippen LogP contribution in [-0.2, 0) is 32.7 Å². The molecule has 10 nitrogen and oxygen atoms in total. The van der Waals surface area contributed by atoms with Gasteiger partial charge in [0.25, 0.3) is 15.9 Å². The molecule has 2 amide bonds. The van der Waals surface area contributed by atoms with Crippen molar-refractivity contribution in [2.45, 2.75) is 24.0 Å². The number of fused-ring (bicyclic) bond motifs is 1. The minimum Gasteiger partial charge on any atom is -0.484 e. The van der Waals surface area contributed by atoms with Crippen LogP contribution in [0.2, 0.25) is 5.02 Å². The maximum absolute atomic E-state index is 14.0. The van der Waals surface area contributed by atoms with Crippen molar-refractivity contribution in [1.29, 1.82) is 0 Å². The minimum absolute atomic E-state index is 0.0581. The summed E-state index contributed by atoms with van der Waals surface area (Å²) in [5.74, 6) is 0.0329. The average molecular weight is 716 g/mol. The number of sulfonamides is 1. The molecule has 0 radical (unpaired) electrons. The molecule has 0 aromatic heterocycles. The first-order valence-corrected chi connectivity index (χ1v) is 17.3. The van der Waals surface area contributed by atoms with Gasteiger partial charge in [0.2, 0.25) is 12.7 Å². The van der Waals surface area contributed by atoms with Crippen molar-refractivity contribution in [2.24, 2.45) is 0 Å². The van der Waals surface area contributed by atoms with Crippen molar-refractivity contribution in [3.8, 4) is 17.2 Å². The van der Waals surface area contributed by atoms with Crippen LogP contribution >= 0.6 is 11.6 Å². The third kappa shape index (κ3) is 8.52. The number of ether oxygens (including phenoxy) is 3. The number of rotatable bonds is 13. The number of hydrogen-bond acceptors (Lipinski definition) is 7. The molecule has 1 aliphatic rings. The van der Waals surface area contributed by atoms with E-state index in [9.17, 15) is 22.4 Å². The highest BCUT2D eigenvalue weighted by molar-refractivity contribution is 7.92. The Balaban J connectivity index is 1.20. The molecule has 5 aromatic rings. The summed E-state index contributed by atoms with van der Waals surface area (Å²) < 4.78 is 58.0. The second-order valence-corrected chi connectivity index (χ2v) is 13.4. The molecule has 6 rings (SSSR count). The molecule has 1 atom stereocenters. The van der Waals surface area contributed by atoms with Gasteiger partial charge in [-0.3, -0.25) is 14.3 Å². The highest BCUT2D eigenvalue weighted by atomic mass is 35.5. The summed E-state index contributed by atoms with van der Waals surface area (Å²) in [6.07, 6.45) is 0. The molecule has 50 heavy (non-hydrogen) atoms. The molecule has 0 saturated heterocycles. The Hall–Kier alpha value is -5.59. The number of nitrogens with one attached hydrogen (secondary N) is 2. The lowest BCUT2D eigenvalue weighted by atomic mass is 10.0. The van der Waals surface area contributed by atoms with E-state index in [2.05, 4.69) is 10.0 Å². The number of carbonyl (C=O) groups excluding carboxylic acids is 2. The third-order valence-electron chi connectivity index (χ3n) is 7.76. The molecule has 0 aliphatic carbocycles. The molecule has 0 saturated carbocycles. The Bertz CT molecular complexity index is 2070. The van der Waals surface area contributed by atoms with Gasteiger partial charge in [0, 0.05) is 23.8 Å². The highest BCUT2D eigenvalue weighted by Gasteiger charge is 2.32. The molecule has 5 aromatic carbocycles. The molecule has 1 aliphatic heterocycles. The SMILES string of the molecule is O=C(NCc1ccc2c(c1)OCO2)[C@H](c1ccccc1)N(Cc1ccc(Cl)cc1)C(=O)COc1ccc(S(=O)(=O)Nc2ccc(F)cc2)cc1. The van der Waals surface area contributed by atoms with Crippen LogP contribution in [0, 0.1) is 5.82 Å². The minimum atomic E-state index is -3.98. The molecular formula is C37H31ClFN3O7S. The fourth-order valence-corrected chi connectivity index (χ4v) is 6.41. The molecule has 0 fully saturated rings. The van der Waals surface area contributed by atoms with Gasteiger partial charge in [0.1, 0.15) is 17.6 Å². The first kappa shape index (κ1) is 34.3. The lowest BCUT2D eigenvalue weighted by Gasteiger charge is -2.31. The largest absolute Gasteiger partial charge is 0.484 e. The molecule has 256 valence electrons. The Morgan fingerprint density at radius 2 is 1.52 bits per heavy atom. The summed E-state index contributed by atoms with van der Waals surface area (Å²) >= 11 is 6.12. The third-order valence-corrected chi connectivity index (χ3v) is 9.41. The fraction of sp³-hybridized carbons (Fsp3) is 0.135.